The molecule has 3 N–H and O–H groups in total. The molecule has 2 heterocycles. The quantitative estimate of drug-likeness (QED) is 0.607. The van der Waals surface area contributed by atoms with Crippen LogP contribution < -0.4 is 16.0 Å². The summed E-state index contributed by atoms with van der Waals surface area (Å²) in [4.78, 5) is 29.1. The second kappa shape index (κ2) is 9.30. The molecule has 4 rings (SSSR count). The van der Waals surface area contributed by atoms with Crippen LogP contribution in [0.3, 0.4) is 0 Å². The number of ether oxygens (including phenoxy) is 1. The number of aromatic nitrogens is 1. The van der Waals surface area contributed by atoms with Gasteiger partial charge in [0, 0.05) is 42.5 Å². The molecule has 2 aromatic carbocycles. The highest BCUT2D eigenvalue weighted by Crippen LogP contribution is 2.31. The van der Waals surface area contributed by atoms with E-state index in [1.54, 1.807) is 35.4 Å². The molecule has 162 valence electrons. The van der Waals surface area contributed by atoms with Gasteiger partial charge in [-0.25, -0.2) is 0 Å². The van der Waals surface area contributed by atoms with Crippen molar-refractivity contribution in [1.82, 2.24) is 9.88 Å². The molecule has 1 aliphatic rings. The Hall–Kier alpha value is -2.54. The first-order chi connectivity index (χ1) is 14.9. The Bertz CT molecular complexity index is 1140. The summed E-state index contributed by atoms with van der Waals surface area (Å²) in [6.07, 6.45) is 3.37. The predicted octanol–water partition coefficient (Wildman–Crippen LogP) is 3.77. The normalized spacial score (nSPS) is 15.8. The van der Waals surface area contributed by atoms with Gasteiger partial charge in [-0.3, -0.25) is 9.59 Å². The maximum atomic E-state index is 12.7. The van der Waals surface area contributed by atoms with Gasteiger partial charge in [0.1, 0.15) is 11.9 Å². The number of benzene rings is 2. The van der Waals surface area contributed by atoms with Crippen molar-refractivity contribution in [2.24, 2.45) is 5.73 Å². The van der Waals surface area contributed by atoms with Crippen molar-refractivity contribution in [3.05, 3.63) is 74.6 Å². The Morgan fingerprint density at radius 3 is 2.58 bits per heavy atom. The van der Waals surface area contributed by atoms with Gasteiger partial charge in [0.15, 0.2) is 0 Å². The van der Waals surface area contributed by atoms with Crippen LogP contribution in [0.5, 0.6) is 5.75 Å². The predicted molar refractivity (Wildman–Crippen MR) is 123 cm³/mol. The van der Waals surface area contributed by atoms with E-state index >= 15 is 0 Å². The van der Waals surface area contributed by atoms with Crippen molar-refractivity contribution in [3.8, 4) is 5.75 Å². The molecule has 1 atom stereocenters. The van der Waals surface area contributed by atoms with Gasteiger partial charge in [0.2, 0.25) is 5.91 Å². The number of carbonyl (C=O) groups excluding carboxylic acids is 1. The van der Waals surface area contributed by atoms with E-state index in [2.05, 4.69) is 4.98 Å². The van der Waals surface area contributed by atoms with Crippen LogP contribution in [0.4, 0.5) is 0 Å². The third-order valence-corrected chi connectivity index (χ3v) is 6.11. The number of fused-ring (bicyclic) bond motifs is 1. The second-order valence-electron chi connectivity index (χ2n) is 7.76. The Morgan fingerprint density at radius 1 is 1.16 bits per heavy atom. The minimum Gasteiger partial charge on any atom is -0.489 e. The molecule has 0 bridgehead atoms. The molecule has 0 spiro atoms. The second-order valence-corrected chi connectivity index (χ2v) is 8.60. The van der Waals surface area contributed by atoms with Crippen LogP contribution >= 0.6 is 23.2 Å². The van der Waals surface area contributed by atoms with Gasteiger partial charge in [0.05, 0.1) is 11.1 Å². The summed E-state index contributed by atoms with van der Waals surface area (Å²) in [6, 6.07) is 12.0. The number of nitrogens with two attached hydrogens (primary N) is 1. The molecule has 1 unspecified atom stereocenters. The zero-order valence-corrected chi connectivity index (χ0v) is 18.3. The van der Waals surface area contributed by atoms with Crippen LogP contribution in [0.1, 0.15) is 18.4 Å². The number of halogens is 2. The summed E-state index contributed by atoms with van der Waals surface area (Å²) >= 11 is 12.2. The zero-order chi connectivity index (χ0) is 22.0. The fraction of sp³-hybridized carbons (Fsp3) is 0.304. The van der Waals surface area contributed by atoms with Crippen LogP contribution in [0.2, 0.25) is 10.0 Å². The molecular weight excluding hydrogens is 437 g/mol. The van der Waals surface area contributed by atoms with E-state index < -0.39 is 6.04 Å². The molecule has 0 aliphatic carbocycles. The van der Waals surface area contributed by atoms with Crippen LogP contribution in [-0.4, -0.2) is 41.0 Å². The van der Waals surface area contributed by atoms with Crippen molar-refractivity contribution in [2.75, 3.05) is 13.1 Å². The summed E-state index contributed by atoms with van der Waals surface area (Å²) in [6.45, 7) is 1.14. The van der Waals surface area contributed by atoms with Gasteiger partial charge in [-0.2, -0.15) is 0 Å². The number of aromatic amines is 1. The van der Waals surface area contributed by atoms with Gasteiger partial charge in [-0.05, 0) is 47.7 Å². The smallest absolute Gasteiger partial charge is 0.255 e. The highest BCUT2D eigenvalue weighted by Gasteiger charge is 2.27. The first kappa shape index (κ1) is 21.7. The molecule has 6 nitrogen and oxygen atoms in total. The number of nitrogens with one attached hydrogen (secondary N) is 1. The Morgan fingerprint density at radius 2 is 1.87 bits per heavy atom. The number of piperidine rings is 1. The first-order valence-electron chi connectivity index (χ1n) is 10.2. The monoisotopic (exact) mass is 459 g/mol. The van der Waals surface area contributed by atoms with E-state index in [0.29, 0.717) is 53.5 Å². The fourth-order valence-corrected chi connectivity index (χ4v) is 4.18. The number of pyridine rings is 1. The van der Waals surface area contributed by atoms with Crippen molar-refractivity contribution in [2.45, 2.75) is 31.4 Å². The van der Waals surface area contributed by atoms with Crippen molar-refractivity contribution in [3.63, 3.8) is 0 Å². The molecule has 1 aliphatic heterocycles. The van der Waals surface area contributed by atoms with E-state index in [9.17, 15) is 9.59 Å². The number of carbonyl (C=O) groups is 1. The number of H-pyrrole nitrogens is 1. The molecule has 0 radical (unpaired) electrons. The molecular formula is C23H23Cl2N3O3. The zero-order valence-electron chi connectivity index (χ0n) is 16.8. The number of amides is 1. The van der Waals surface area contributed by atoms with Crippen LogP contribution in [0, 0.1) is 0 Å². The van der Waals surface area contributed by atoms with Crippen molar-refractivity contribution >= 4 is 39.9 Å². The summed E-state index contributed by atoms with van der Waals surface area (Å²) in [5.74, 6) is 0.486. The summed E-state index contributed by atoms with van der Waals surface area (Å²) in [7, 11) is 0. The van der Waals surface area contributed by atoms with Gasteiger partial charge >= 0.3 is 0 Å². The number of hydrogen-bond acceptors (Lipinski definition) is 4. The maximum absolute atomic E-state index is 12.7. The Balaban J connectivity index is 1.34. The van der Waals surface area contributed by atoms with Crippen molar-refractivity contribution < 1.29 is 9.53 Å². The van der Waals surface area contributed by atoms with Crippen LogP contribution in [0.15, 0.2) is 53.5 Å². The number of hydrogen-bond donors (Lipinski definition) is 2. The lowest BCUT2D eigenvalue weighted by Gasteiger charge is -2.33. The lowest BCUT2D eigenvalue weighted by molar-refractivity contribution is -0.134. The molecule has 0 saturated carbocycles. The molecule has 31 heavy (non-hydrogen) atoms. The number of nitrogens with zero attached hydrogens (tertiary/aromatic N) is 1. The van der Waals surface area contributed by atoms with E-state index in [0.717, 1.165) is 10.9 Å². The number of rotatable bonds is 5. The van der Waals surface area contributed by atoms with E-state index in [4.69, 9.17) is 33.7 Å². The average molecular weight is 460 g/mol. The maximum Gasteiger partial charge on any atom is 0.255 e. The molecule has 8 heteroatoms. The summed E-state index contributed by atoms with van der Waals surface area (Å²) in [5.41, 5.74) is 6.95. The van der Waals surface area contributed by atoms with Crippen molar-refractivity contribution in [1.29, 1.82) is 0 Å². The average Bonchev–Trinajstić information content (AvgIpc) is 2.76. The van der Waals surface area contributed by atoms with E-state index in [-0.39, 0.29) is 17.6 Å². The standard InChI is InChI=1S/C23H23Cl2N3O3/c24-16-3-1-14(2-4-16)11-20(26)23(30)28-9-6-17(7-10-28)31-21-12-15-5-8-27-22(29)18(15)13-19(21)25/h1-5,8,12-13,17,20H,6-7,9-11,26H2,(H,27,29). The third-order valence-electron chi connectivity index (χ3n) is 5.56. The lowest BCUT2D eigenvalue weighted by atomic mass is 10.0. The SMILES string of the molecule is NC(Cc1ccc(Cl)cc1)C(=O)N1CCC(Oc2cc3cc[nH]c(=O)c3cc2Cl)CC1. The number of likely N-dealkylation sites (tertiary alicyclic amines) is 1. The summed E-state index contributed by atoms with van der Waals surface area (Å²) < 4.78 is 6.10. The van der Waals surface area contributed by atoms with Crippen LogP contribution in [0.25, 0.3) is 10.8 Å². The van der Waals surface area contributed by atoms with Gasteiger partial charge < -0.3 is 20.4 Å². The van der Waals surface area contributed by atoms with Gasteiger partial charge in [-0.1, -0.05) is 35.3 Å². The highest BCUT2D eigenvalue weighted by atomic mass is 35.5. The molecule has 1 fully saturated rings. The largest absolute Gasteiger partial charge is 0.489 e. The molecule has 1 amide bonds. The van der Waals surface area contributed by atoms with Crippen LogP contribution in [-0.2, 0) is 11.2 Å². The van der Waals surface area contributed by atoms with Gasteiger partial charge in [-0.15, -0.1) is 0 Å². The van der Waals surface area contributed by atoms with Gasteiger partial charge in [0.25, 0.3) is 5.56 Å². The van der Waals surface area contributed by atoms with E-state index in [1.807, 2.05) is 18.2 Å². The topological polar surface area (TPSA) is 88.4 Å². The molecule has 1 aromatic heterocycles. The molecule has 1 saturated heterocycles. The first-order valence-corrected chi connectivity index (χ1v) is 10.9. The molecule has 3 aromatic rings. The minimum absolute atomic E-state index is 0.0589. The fourth-order valence-electron chi connectivity index (χ4n) is 3.85. The summed E-state index contributed by atoms with van der Waals surface area (Å²) in [5, 5.41) is 2.34. The minimum atomic E-state index is -0.591. The Labute approximate surface area is 189 Å². The lowest BCUT2D eigenvalue weighted by Crippen LogP contribution is -2.49. The Kier molecular flexibility index (Phi) is 6.51. The highest BCUT2D eigenvalue weighted by molar-refractivity contribution is 6.32. The third kappa shape index (κ3) is 5.03. The van der Waals surface area contributed by atoms with E-state index in [1.165, 1.54) is 0 Å².